The lowest BCUT2D eigenvalue weighted by Crippen LogP contribution is -2.64. The van der Waals surface area contributed by atoms with Gasteiger partial charge in [-0.3, -0.25) is 14.5 Å². The molecule has 2 amide bonds. The van der Waals surface area contributed by atoms with Gasteiger partial charge in [0.1, 0.15) is 6.33 Å². The van der Waals surface area contributed by atoms with Gasteiger partial charge in [-0.2, -0.15) is 13.2 Å². The second kappa shape index (κ2) is 10.3. The summed E-state index contributed by atoms with van der Waals surface area (Å²) in [5, 5.41) is 0.656. The third-order valence-electron chi connectivity index (χ3n) is 7.66. The molecule has 2 fully saturated rings. The Bertz CT molecular complexity index is 1550. The Labute approximate surface area is 228 Å². The largest absolute Gasteiger partial charge is 0.416 e. The number of aromatic nitrogens is 2. The highest BCUT2D eigenvalue weighted by Gasteiger charge is 2.37. The SMILES string of the molecule is O=C(c1ccccc1)N1CCN(C2CN(C(=O)c3ccc4c(-c5ccc(C(F)(F)F)cc5)ncnc4c3)C2)CC1. The highest BCUT2D eigenvalue weighted by atomic mass is 19.4. The van der Waals surface area contributed by atoms with E-state index in [9.17, 15) is 22.8 Å². The maximum atomic E-state index is 13.2. The molecular weight excluding hydrogens is 519 g/mol. The molecule has 1 aromatic heterocycles. The van der Waals surface area contributed by atoms with E-state index in [0.717, 1.165) is 25.2 Å². The number of halogens is 3. The Hall–Kier alpha value is -4.31. The summed E-state index contributed by atoms with van der Waals surface area (Å²) < 4.78 is 38.8. The number of piperazine rings is 1. The molecule has 4 aromatic rings. The van der Waals surface area contributed by atoms with Gasteiger partial charge in [-0.15, -0.1) is 0 Å². The van der Waals surface area contributed by atoms with Crippen LogP contribution < -0.4 is 0 Å². The van der Waals surface area contributed by atoms with E-state index in [1.807, 2.05) is 35.2 Å². The molecule has 3 heterocycles. The van der Waals surface area contributed by atoms with Crippen molar-refractivity contribution in [3.63, 3.8) is 0 Å². The highest BCUT2D eigenvalue weighted by molar-refractivity contribution is 6.00. The van der Waals surface area contributed by atoms with Gasteiger partial charge in [0, 0.05) is 67.4 Å². The number of amides is 2. The topological polar surface area (TPSA) is 69.6 Å². The highest BCUT2D eigenvalue weighted by Crippen LogP contribution is 2.32. The third kappa shape index (κ3) is 5.02. The van der Waals surface area contributed by atoms with Crippen molar-refractivity contribution in [2.24, 2.45) is 0 Å². The number of nitrogens with zero attached hydrogens (tertiary/aromatic N) is 5. The minimum absolute atomic E-state index is 0.0484. The van der Waals surface area contributed by atoms with Crippen molar-refractivity contribution in [1.82, 2.24) is 24.7 Å². The van der Waals surface area contributed by atoms with Crippen molar-refractivity contribution in [3.05, 3.63) is 95.8 Å². The number of hydrogen-bond acceptors (Lipinski definition) is 5. The fourth-order valence-corrected chi connectivity index (χ4v) is 5.33. The molecule has 6 rings (SSSR count). The molecule has 0 saturated carbocycles. The van der Waals surface area contributed by atoms with E-state index in [-0.39, 0.29) is 17.9 Å². The van der Waals surface area contributed by atoms with E-state index in [4.69, 9.17) is 0 Å². The van der Waals surface area contributed by atoms with Crippen molar-refractivity contribution < 1.29 is 22.8 Å². The summed E-state index contributed by atoms with van der Waals surface area (Å²) >= 11 is 0. The number of benzene rings is 3. The van der Waals surface area contributed by atoms with Gasteiger partial charge in [0.05, 0.1) is 16.8 Å². The maximum Gasteiger partial charge on any atom is 0.416 e. The van der Waals surface area contributed by atoms with Crippen molar-refractivity contribution in [2.75, 3.05) is 39.3 Å². The molecule has 0 radical (unpaired) electrons. The van der Waals surface area contributed by atoms with Crippen LogP contribution in [0.3, 0.4) is 0 Å². The third-order valence-corrected chi connectivity index (χ3v) is 7.66. The fraction of sp³-hybridized carbons (Fsp3) is 0.267. The van der Waals surface area contributed by atoms with Crippen LogP contribution in [0.4, 0.5) is 13.2 Å². The predicted molar refractivity (Wildman–Crippen MR) is 144 cm³/mol. The summed E-state index contributed by atoms with van der Waals surface area (Å²) in [6.07, 6.45) is -3.06. The molecule has 2 aliphatic rings. The number of fused-ring (bicyclic) bond motifs is 1. The molecule has 7 nitrogen and oxygen atoms in total. The van der Waals surface area contributed by atoms with Crippen LogP contribution in [0.15, 0.2) is 79.1 Å². The van der Waals surface area contributed by atoms with Crippen molar-refractivity contribution >= 4 is 22.7 Å². The summed E-state index contributed by atoms with van der Waals surface area (Å²) in [5.74, 6) is -0.0435. The van der Waals surface area contributed by atoms with Crippen LogP contribution in [0.2, 0.25) is 0 Å². The predicted octanol–water partition coefficient (Wildman–Crippen LogP) is 4.60. The average Bonchev–Trinajstić information content (AvgIpc) is 2.96. The van der Waals surface area contributed by atoms with Crippen LogP contribution in [-0.2, 0) is 6.18 Å². The van der Waals surface area contributed by atoms with E-state index < -0.39 is 11.7 Å². The molecule has 0 atom stereocenters. The van der Waals surface area contributed by atoms with E-state index in [2.05, 4.69) is 14.9 Å². The molecule has 3 aromatic carbocycles. The Morgan fingerprint density at radius 2 is 1.43 bits per heavy atom. The zero-order valence-corrected chi connectivity index (χ0v) is 21.5. The zero-order valence-electron chi connectivity index (χ0n) is 21.5. The second-order valence-electron chi connectivity index (χ2n) is 10.1. The second-order valence-corrected chi connectivity index (χ2v) is 10.1. The molecule has 2 aliphatic heterocycles. The zero-order chi connectivity index (χ0) is 27.9. The number of carbonyl (C=O) groups is 2. The van der Waals surface area contributed by atoms with Gasteiger partial charge in [0.2, 0.25) is 0 Å². The van der Waals surface area contributed by atoms with Crippen molar-refractivity contribution in [1.29, 1.82) is 0 Å². The van der Waals surface area contributed by atoms with Crippen molar-refractivity contribution in [3.8, 4) is 11.3 Å². The van der Waals surface area contributed by atoms with E-state index in [1.165, 1.54) is 18.5 Å². The first-order chi connectivity index (χ1) is 19.3. The molecule has 10 heteroatoms. The molecule has 0 unspecified atom stereocenters. The number of likely N-dealkylation sites (tertiary alicyclic amines) is 1. The maximum absolute atomic E-state index is 13.2. The Balaban J connectivity index is 1.08. The Morgan fingerprint density at radius 1 is 0.750 bits per heavy atom. The van der Waals surface area contributed by atoms with E-state index in [1.54, 1.807) is 23.1 Å². The molecule has 0 aliphatic carbocycles. The summed E-state index contributed by atoms with van der Waals surface area (Å²) in [4.78, 5) is 40.5. The number of alkyl halides is 3. The first-order valence-electron chi connectivity index (χ1n) is 13.1. The van der Waals surface area contributed by atoms with E-state index in [0.29, 0.717) is 59.5 Å². The Kier molecular flexibility index (Phi) is 6.71. The molecular formula is C30H26F3N5O2. The lowest BCUT2D eigenvalue weighted by molar-refractivity contribution is -0.137. The smallest absolute Gasteiger partial charge is 0.336 e. The Morgan fingerprint density at radius 3 is 2.10 bits per heavy atom. The van der Waals surface area contributed by atoms with Gasteiger partial charge < -0.3 is 9.80 Å². The van der Waals surface area contributed by atoms with Crippen LogP contribution in [0.1, 0.15) is 26.3 Å². The minimum atomic E-state index is -4.41. The summed E-state index contributed by atoms with van der Waals surface area (Å²) in [6, 6.07) is 19.5. The standard InChI is InChI=1S/C30H26F3N5O2/c31-30(32,33)23-9-6-20(7-10-23)27-25-11-8-22(16-26(25)34-19-35-27)29(40)38-17-24(18-38)36-12-14-37(15-13-36)28(39)21-4-2-1-3-5-21/h1-11,16,19,24H,12-15,17-18H2. The van der Waals surface area contributed by atoms with Gasteiger partial charge >= 0.3 is 6.18 Å². The monoisotopic (exact) mass is 545 g/mol. The summed E-state index contributed by atoms with van der Waals surface area (Å²) in [5.41, 5.74) is 2.07. The number of rotatable bonds is 4. The quantitative estimate of drug-likeness (QED) is 0.375. The normalized spacial score (nSPS) is 16.7. The van der Waals surface area contributed by atoms with Crippen molar-refractivity contribution in [2.45, 2.75) is 12.2 Å². The number of hydrogen-bond donors (Lipinski definition) is 0. The molecule has 40 heavy (non-hydrogen) atoms. The first kappa shape index (κ1) is 25.9. The molecule has 0 bridgehead atoms. The first-order valence-corrected chi connectivity index (χ1v) is 13.1. The fourth-order valence-electron chi connectivity index (χ4n) is 5.33. The summed E-state index contributed by atoms with van der Waals surface area (Å²) in [7, 11) is 0. The summed E-state index contributed by atoms with van der Waals surface area (Å²) in [6.45, 7) is 4.08. The van der Waals surface area contributed by atoms with Gasteiger partial charge in [-0.1, -0.05) is 30.3 Å². The number of carbonyl (C=O) groups excluding carboxylic acids is 2. The molecule has 0 spiro atoms. The average molecular weight is 546 g/mol. The minimum Gasteiger partial charge on any atom is -0.336 e. The lowest BCUT2D eigenvalue weighted by Gasteiger charge is -2.48. The van der Waals surface area contributed by atoms with Gasteiger partial charge in [-0.05, 0) is 42.5 Å². The van der Waals surface area contributed by atoms with Crippen LogP contribution in [0, 0.1) is 0 Å². The van der Waals surface area contributed by atoms with Crippen LogP contribution in [-0.4, -0.2) is 81.8 Å². The molecule has 204 valence electrons. The molecule has 0 N–H and O–H groups in total. The van der Waals surface area contributed by atoms with Gasteiger partial charge in [0.15, 0.2) is 0 Å². The van der Waals surface area contributed by atoms with Crippen LogP contribution >= 0.6 is 0 Å². The van der Waals surface area contributed by atoms with Crippen LogP contribution in [0.25, 0.3) is 22.2 Å². The lowest BCUT2D eigenvalue weighted by atomic mass is 10.0. The van der Waals surface area contributed by atoms with Gasteiger partial charge in [-0.25, -0.2) is 9.97 Å². The van der Waals surface area contributed by atoms with Crippen LogP contribution in [0.5, 0.6) is 0 Å². The molecule has 2 saturated heterocycles. The van der Waals surface area contributed by atoms with E-state index >= 15 is 0 Å². The van der Waals surface area contributed by atoms with Gasteiger partial charge in [0.25, 0.3) is 11.8 Å².